The summed E-state index contributed by atoms with van der Waals surface area (Å²) >= 11 is 0. The van der Waals surface area contributed by atoms with Crippen molar-refractivity contribution in [3.05, 3.63) is 54.0 Å². The number of H-pyrrole nitrogens is 1. The van der Waals surface area contributed by atoms with Crippen molar-refractivity contribution in [2.24, 2.45) is 0 Å². The molecule has 156 valence electrons. The van der Waals surface area contributed by atoms with Gasteiger partial charge < -0.3 is 10.1 Å². The molecular weight excluding hydrogens is 376 g/mol. The fourth-order valence-corrected chi connectivity index (χ4v) is 3.52. The Morgan fingerprint density at radius 1 is 1.23 bits per heavy atom. The van der Waals surface area contributed by atoms with Gasteiger partial charge in [0, 0.05) is 29.9 Å². The Labute approximate surface area is 176 Å². The standard InChI is InChI=1S/C23H28N6O/c1-5-10-30-21-9-7-6-8-18(21)19-11-20(24-12-17-13-25-26-14-17)23-22(27-19)16(4)28-29(23)15(2)3/h6-9,11,13-15H,5,10,12H2,1-4H3,(H,24,27)(H,25,26). The normalized spacial score (nSPS) is 11.4. The van der Waals surface area contributed by atoms with Gasteiger partial charge in [-0.25, -0.2) is 4.98 Å². The maximum absolute atomic E-state index is 5.99. The first-order valence-corrected chi connectivity index (χ1v) is 10.4. The summed E-state index contributed by atoms with van der Waals surface area (Å²) in [6, 6.07) is 10.4. The molecule has 3 heterocycles. The van der Waals surface area contributed by atoms with E-state index in [-0.39, 0.29) is 6.04 Å². The van der Waals surface area contributed by atoms with Crippen LogP contribution in [0.4, 0.5) is 5.69 Å². The molecule has 0 bridgehead atoms. The van der Waals surface area contributed by atoms with E-state index in [4.69, 9.17) is 14.8 Å². The van der Waals surface area contributed by atoms with Gasteiger partial charge in [0.1, 0.15) is 16.8 Å². The van der Waals surface area contributed by atoms with Crippen molar-refractivity contribution in [3.63, 3.8) is 0 Å². The van der Waals surface area contributed by atoms with Crippen LogP contribution in [-0.4, -0.2) is 31.6 Å². The number of benzene rings is 1. The van der Waals surface area contributed by atoms with Crippen LogP contribution in [0.25, 0.3) is 22.3 Å². The van der Waals surface area contributed by atoms with Crippen molar-refractivity contribution in [2.75, 3.05) is 11.9 Å². The van der Waals surface area contributed by atoms with Crippen molar-refractivity contribution in [3.8, 4) is 17.0 Å². The van der Waals surface area contributed by atoms with Crippen molar-refractivity contribution < 1.29 is 4.74 Å². The smallest absolute Gasteiger partial charge is 0.128 e. The van der Waals surface area contributed by atoms with Crippen molar-refractivity contribution in [1.29, 1.82) is 0 Å². The number of aromatic amines is 1. The van der Waals surface area contributed by atoms with E-state index in [0.717, 1.165) is 51.4 Å². The first kappa shape index (κ1) is 19.9. The van der Waals surface area contributed by atoms with Crippen LogP contribution >= 0.6 is 0 Å². The minimum absolute atomic E-state index is 0.225. The fourth-order valence-electron chi connectivity index (χ4n) is 3.52. The number of aryl methyl sites for hydroxylation is 1. The maximum atomic E-state index is 5.99. The Morgan fingerprint density at radius 2 is 2.07 bits per heavy atom. The molecule has 4 aromatic rings. The van der Waals surface area contributed by atoms with E-state index in [9.17, 15) is 0 Å². The third kappa shape index (κ3) is 3.87. The minimum Gasteiger partial charge on any atom is -0.493 e. The summed E-state index contributed by atoms with van der Waals surface area (Å²) in [5, 5.41) is 15.2. The third-order valence-corrected chi connectivity index (χ3v) is 4.97. The number of hydrogen-bond donors (Lipinski definition) is 2. The van der Waals surface area contributed by atoms with Gasteiger partial charge in [0.2, 0.25) is 0 Å². The first-order chi connectivity index (χ1) is 14.6. The molecule has 0 aliphatic heterocycles. The van der Waals surface area contributed by atoms with Crippen LogP contribution in [0.15, 0.2) is 42.7 Å². The Balaban J connectivity index is 1.85. The van der Waals surface area contributed by atoms with Crippen LogP contribution in [0.2, 0.25) is 0 Å². The molecule has 0 fully saturated rings. The zero-order valence-electron chi connectivity index (χ0n) is 17.9. The molecule has 2 N–H and O–H groups in total. The summed E-state index contributed by atoms with van der Waals surface area (Å²) in [4.78, 5) is 5.00. The molecule has 30 heavy (non-hydrogen) atoms. The lowest BCUT2D eigenvalue weighted by Crippen LogP contribution is -2.07. The Bertz CT molecular complexity index is 1130. The van der Waals surface area contributed by atoms with Gasteiger partial charge in [0.05, 0.1) is 29.9 Å². The SMILES string of the molecule is CCCOc1ccccc1-c1cc(NCc2cn[nH]c2)c2c(n1)c(C)nn2C(C)C. The highest BCUT2D eigenvalue weighted by atomic mass is 16.5. The largest absolute Gasteiger partial charge is 0.493 e. The number of nitrogens with one attached hydrogen (secondary N) is 2. The zero-order chi connectivity index (χ0) is 21.1. The highest BCUT2D eigenvalue weighted by Crippen LogP contribution is 2.35. The van der Waals surface area contributed by atoms with E-state index in [1.165, 1.54) is 0 Å². The summed E-state index contributed by atoms with van der Waals surface area (Å²) in [6.07, 6.45) is 4.68. The molecule has 0 aliphatic carbocycles. The Hall–Kier alpha value is -3.35. The summed E-state index contributed by atoms with van der Waals surface area (Å²) < 4.78 is 8.03. The molecule has 0 saturated heterocycles. The summed E-state index contributed by atoms with van der Waals surface area (Å²) in [5.74, 6) is 0.848. The van der Waals surface area contributed by atoms with E-state index in [1.807, 2.05) is 42.2 Å². The van der Waals surface area contributed by atoms with E-state index in [2.05, 4.69) is 48.4 Å². The molecule has 7 nitrogen and oxygen atoms in total. The van der Waals surface area contributed by atoms with Gasteiger partial charge in [-0.1, -0.05) is 19.1 Å². The molecular formula is C23H28N6O. The lowest BCUT2D eigenvalue weighted by Gasteiger charge is -2.15. The molecule has 4 rings (SSSR count). The van der Waals surface area contributed by atoms with E-state index >= 15 is 0 Å². The predicted octanol–water partition coefficient (Wildman–Crippen LogP) is 5.11. The van der Waals surface area contributed by atoms with E-state index in [1.54, 1.807) is 0 Å². The monoisotopic (exact) mass is 404 g/mol. The molecule has 7 heteroatoms. The van der Waals surface area contributed by atoms with Gasteiger partial charge >= 0.3 is 0 Å². The fraction of sp³-hybridized carbons (Fsp3) is 0.348. The number of aromatic nitrogens is 5. The average Bonchev–Trinajstić information content (AvgIpc) is 3.39. The summed E-state index contributed by atoms with van der Waals surface area (Å²) in [7, 11) is 0. The van der Waals surface area contributed by atoms with Crippen LogP contribution in [0.1, 0.15) is 44.5 Å². The van der Waals surface area contributed by atoms with E-state index in [0.29, 0.717) is 13.2 Å². The maximum Gasteiger partial charge on any atom is 0.128 e. The molecule has 1 aromatic carbocycles. The highest BCUT2D eigenvalue weighted by Gasteiger charge is 2.19. The lowest BCUT2D eigenvalue weighted by atomic mass is 10.1. The molecule has 3 aromatic heterocycles. The van der Waals surface area contributed by atoms with Crippen molar-refractivity contribution >= 4 is 16.7 Å². The number of fused-ring (bicyclic) bond motifs is 1. The second kappa shape index (κ2) is 8.57. The average molecular weight is 405 g/mol. The number of para-hydroxylation sites is 1. The van der Waals surface area contributed by atoms with E-state index < -0.39 is 0 Å². The summed E-state index contributed by atoms with van der Waals surface area (Å²) in [6.45, 7) is 9.72. The molecule has 0 spiro atoms. The topological polar surface area (TPSA) is 80.7 Å². The summed E-state index contributed by atoms with van der Waals surface area (Å²) in [5.41, 5.74) is 6.77. The minimum atomic E-state index is 0.225. The van der Waals surface area contributed by atoms with Gasteiger partial charge in [-0.05, 0) is 45.4 Å². The number of ether oxygens (including phenoxy) is 1. The van der Waals surface area contributed by atoms with Crippen molar-refractivity contribution in [2.45, 2.75) is 46.7 Å². The Kier molecular flexibility index (Phi) is 5.70. The van der Waals surface area contributed by atoms with Crippen LogP contribution < -0.4 is 10.1 Å². The highest BCUT2D eigenvalue weighted by molar-refractivity contribution is 5.93. The van der Waals surface area contributed by atoms with Gasteiger partial charge in [-0.15, -0.1) is 0 Å². The van der Waals surface area contributed by atoms with Gasteiger partial charge in [-0.2, -0.15) is 10.2 Å². The number of nitrogens with zero attached hydrogens (tertiary/aromatic N) is 4. The van der Waals surface area contributed by atoms with Crippen molar-refractivity contribution in [1.82, 2.24) is 25.0 Å². The number of hydrogen-bond acceptors (Lipinski definition) is 5. The second-order valence-corrected chi connectivity index (χ2v) is 7.68. The molecule has 0 radical (unpaired) electrons. The van der Waals surface area contributed by atoms with Gasteiger partial charge in [-0.3, -0.25) is 9.78 Å². The van der Waals surface area contributed by atoms with Crippen LogP contribution in [0.3, 0.4) is 0 Å². The lowest BCUT2D eigenvalue weighted by molar-refractivity contribution is 0.318. The number of anilines is 1. The molecule has 0 aliphatic rings. The Morgan fingerprint density at radius 3 is 2.80 bits per heavy atom. The van der Waals surface area contributed by atoms with Crippen LogP contribution in [0.5, 0.6) is 5.75 Å². The quantitative estimate of drug-likeness (QED) is 0.426. The zero-order valence-corrected chi connectivity index (χ0v) is 17.9. The molecule has 0 amide bonds. The van der Waals surface area contributed by atoms with Crippen LogP contribution in [0, 0.1) is 6.92 Å². The number of pyridine rings is 1. The first-order valence-electron chi connectivity index (χ1n) is 10.4. The van der Waals surface area contributed by atoms with Crippen LogP contribution in [-0.2, 0) is 6.54 Å². The predicted molar refractivity (Wildman–Crippen MR) is 120 cm³/mol. The molecule has 0 atom stereocenters. The third-order valence-electron chi connectivity index (χ3n) is 4.97. The number of rotatable bonds is 8. The van der Waals surface area contributed by atoms with Gasteiger partial charge in [0.15, 0.2) is 0 Å². The molecule has 0 saturated carbocycles. The molecule has 0 unspecified atom stereocenters. The second-order valence-electron chi connectivity index (χ2n) is 7.68. The van der Waals surface area contributed by atoms with Gasteiger partial charge in [0.25, 0.3) is 0 Å².